The first-order valence-electron chi connectivity index (χ1n) is 16.0. The van der Waals surface area contributed by atoms with Crippen LogP contribution in [0.5, 0.6) is 11.5 Å². The van der Waals surface area contributed by atoms with Gasteiger partial charge in [-0.2, -0.15) is 10.4 Å². The Hall–Kier alpha value is -6.92. The van der Waals surface area contributed by atoms with Gasteiger partial charge in [-0.3, -0.25) is 9.59 Å². The lowest BCUT2D eigenvalue weighted by atomic mass is 10.1. The Morgan fingerprint density at radius 3 is 1.43 bits per heavy atom. The molecule has 0 aliphatic rings. The van der Waals surface area contributed by atoms with Crippen LogP contribution in [0, 0.1) is 0 Å². The Labute approximate surface area is 313 Å². The molecule has 6 N–H and O–H groups in total. The summed E-state index contributed by atoms with van der Waals surface area (Å²) < 4.78 is 15.3. The van der Waals surface area contributed by atoms with Crippen molar-refractivity contribution in [3.63, 3.8) is 0 Å². The zero-order chi connectivity index (χ0) is 37.7. The molecule has 0 bridgehead atoms. The van der Waals surface area contributed by atoms with Crippen LogP contribution in [0.1, 0.15) is 20.7 Å². The van der Waals surface area contributed by atoms with E-state index < -0.39 is 11.8 Å². The van der Waals surface area contributed by atoms with E-state index in [2.05, 4.69) is 41.2 Å². The monoisotopic (exact) mass is 764 g/mol. The number of ether oxygens (including phenoxy) is 2. The second kappa shape index (κ2) is 13.6. The molecule has 18 nitrogen and oxygen atoms in total. The molecule has 0 aliphatic carbocycles. The Morgan fingerprint density at radius 1 is 0.648 bits per heavy atom. The molecule has 8 aromatic rings. The average Bonchev–Trinajstić information content (AvgIpc) is 4.00. The summed E-state index contributed by atoms with van der Waals surface area (Å²) in [5, 5.41) is 30.1. The number of H-pyrrole nitrogens is 2. The number of aromatic nitrogens is 12. The van der Waals surface area contributed by atoms with Crippen molar-refractivity contribution in [2.24, 2.45) is 11.5 Å². The van der Waals surface area contributed by atoms with Crippen LogP contribution in [0.15, 0.2) is 60.7 Å². The van der Waals surface area contributed by atoms with Crippen molar-refractivity contribution in [3.05, 3.63) is 81.8 Å². The number of primary amides is 2. The molecule has 4 aromatic heterocycles. The number of hydrogen-bond donors (Lipinski definition) is 4. The summed E-state index contributed by atoms with van der Waals surface area (Å²) >= 11 is 13.2. The van der Waals surface area contributed by atoms with E-state index in [0.717, 1.165) is 0 Å². The summed E-state index contributed by atoms with van der Waals surface area (Å²) in [7, 11) is 2.88. The van der Waals surface area contributed by atoms with E-state index in [-0.39, 0.29) is 35.7 Å². The van der Waals surface area contributed by atoms with Crippen molar-refractivity contribution in [2.75, 3.05) is 14.2 Å². The minimum absolute atomic E-state index is 0.154. The number of nitrogens with zero attached hydrogens (tertiary/aromatic N) is 10. The molecule has 0 aliphatic heterocycles. The number of carbonyl (C=O) groups excluding carboxylic acids is 2. The van der Waals surface area contributed by atoms with E-state index in [0.29, 0.717) is 77.7 Å². The van der Waals surface area contributed by atoms with E-state index in [1.807, 2.05) is 9.13 Å². The number of benzene rings is 4. The molecule has 4 aromatic carbocycles. The van der Waals surface area contributed by atoms with Crippen molar-refractivity contribution in [3.8, 4) is 57.1 Å². The van der Waals surface area contributed by atoms with Gasteiger partial charge in [0.05, 0.1) is 36.4 Å². The van der Waals surface area contributed by atoms with Crippen LogP contribution in [0.2, 0.25) is 10.0 Å². The van der Waals surface area contributed by atoms with Gasteiger partial charge >= 0.3 is 0 Å². The van der Waals surface area contributed by atoms with Crippen LogP contribution in [-0.2, 0) is 13.1 Å². The highest BCUT2D eigenvalue weighted by molar-refractivity contribution is 6.31. The van der Waals surface area contributed by atoms with Crippen molar-refractivity contribution in [1.29, 1.82) is 0 Å². The third-order valence-electron chi connectivity index (χ3n) is 8.85. The van der Waals surface area contributed by atoms with Crippen molar-refractivity contribution < 1.29 is 19.1 Å². The van der Waals surface area contributed by atoms with Crippen LogP contribution in [0.3, 0.4) is 0 Å². The molecule has 0 radical (unpaired) electrons. The zero-order valence-corrected chi connectivity index (χ0v) is 29.7. The first-order chi connectivity index (χ1) is 26.2. The fourth-order valence-electron chi connectivity index (χ4n) is 6.54. The maximum Gasteiger partial charge on any atom is 0.252 e. The lowest BCUT2D eigenvalue weighted by Crippen LogP contribution is -2.13. The van der Waals surface area contributed by atoms with Crippen molar-refractivity contribution >= 4 is 57.1 Å². The lowest BCUT2D eigenvalue weighted by Gasteiger charge is -2.16. The summed E-state index contributed by atoms with van der Waals surface area (Å²) in [5.74, 6) is 0.536. The lowest BCUT2D eigenvalue weighted by molar-refractivity contribution is 0.0989. The number of hydrogen-bond acceptors (Lipinski definition) is 12. The third kappa shape index (κ3) is 5.69. The molecule has 54 heavy (non-hydrogen) atoms. The van der Waals surface area contributed by atoms with Gasteiger partial charge in [0.25, 0.3) is 11.8 Å². The smallest absolute Gasteiger partial charge is 0.252 e. The molecule has 0 spiro atoms. The molecule has 0 atom stereocenters. The van der Waals surface area contributed by atoms with Gasteiger partial charge in [0.15, 0.2) is 11.5 Å². The predicted molar refractivity (Wildman–Crippen MR) is 197 cm³/mol. The highest BCUT2D eigenvalue weighted by Gasteiger charge is 2.26. The second-order valence-corrected chi connectivity index (χ2v) is 12.7. The summed E-state index contributed by atoms with van der Waals surface area (Å²) in [5.41, 5.74) is 16.1. The number of tetrazole rings is 2. The molecular formula is C34H26Cl2N14O4. The predicted octanol–water partition coefficient (Wildman–Crippen LogP) is 4.30. The highest BCUT2D eigenvalue weighted by Crippen LogP contribution is 2.40. The Bertz CT molecular complexity index is 2560. The van der Waals surface area contributed by atoms with Crippen LogP contribution < -0.4 is 20.9 Å². The molecule has 20 heteroatoms. The first kappa shape index (κ1) is 34.2. The van der Waals surface area contributed by atoms with E-state index >= 15 is 0 Å². The van der Waals surface area contributed by atoms with Gasteiger partial charge in [-0.05, 0) is 71.1 Å². The highest BCUT2D eigenvalue weighted by atomic mass is 35.5. The average molecular weight is 766 g/mol. The van der Waals surface area contributed by atoms with Gasteiger partial charge in [-0.15, -0.1) is 20.4 Å². The van der Waals surface area contributed by atoms with Crippen LogP contribution in [0.4, 0.5) is 0 Å². The molecule has 0 fully saturated rings. The molecular weight excluding hydrogens is 739 g/mol. The third-order valence-corrected chi connectivity index (χ3v) is 9.32. The second-order valence-electron chi connectivity index (χ2n) is 11.8. The van der Waals surface area contributed by atoms with Gasteiger partial charge in [-0.1, -0.05) is 23.2 Å². The maximum absolute atomic E-state index is 12.5. The number of aromatic amines is 2. The fraction of sp³-hybridized carbons (Fsp3) is 0.118. The van der Waals surface area contributed by atoms with E-state index in [1.165, 1.54) is 14.2 Å². The standard InChI is InChI=1S/C34H26Cl2N14O4/c1-53-27-19(29(37)51)7-9-23-25(27)39-33(21-13-15(35)3-5-17(21)31-41-45-46-42-31)49(23)11-12-50-24-10-8-20(30(38)52)28(54-2)26(24)40-34(50)22-14-16(36)4-6-18(22)32-43-47-48-44-32/h3-10,13-14H,11-12H2,1-2H3,(H2,37,51)(H2,38,52)(H,41,42,45,46)(H,43,44,47,48). The Kier molecular flexibility index (Phi) is 8.59. The number of rotatable bonds is 11. The molecule has 0 saturated heterocycles. The number of halogens is 2. The van der Waals surface area contributed by atoms with Gasteiger partial charge in [-0.25, -0.2) is 9.97 Å². The largest absolute Gasteiger partial charge is 0.494 e. The number of carbonyl (C=O) groups is 2. The summed E-state index contributed by atoms with van der Waals surface area (Å²) in [6.07, 6.45) is 0. The summed E-state index contributed by atoms with van der Waals surface area (Å²) in [4.78, 5) is 35.0. The van der Waals surface area contributed by atoms with Crippen LogP contribution in [0.25, 0.3) is 67.6 Å². The van der Waals surface area contributed by atoms with E-state index in [4.69, 9.17) is 54.1 Å². The van der Waals surface area contributed by atoms with Crippen molar-refractivity contribution in [1.82, 2.24) is 60.4 Å². The minimum atomic E-state index is -0.683. The number of methoxy groups -OCH3 is 2. The Balaban J connectivity index is 1.38. The van der Waals surface area contributed by atoms with Crippen LogP contribution >= 0.6 is 23.2 Å². The number of nitrogens with one attached hydrogen (secondary N) is 2. The molecule has 0 unspecified atom stereocenters. The molecule has 8 rings (SSSR count). The van der Waals surface area contributed by atoms with Gasteiger partial charge < -0.3 is 30.1 Å². The number of aryl methyl sites for hydroxylation is 2. The van der Waals surface area contributed by atoms with Gasteiger partial charge in [0.2, 0.25) is 11.6 Å². The number of fused-ring (bicyclic) bond motifs is 2. The first-order valence-corrected chi connectivity index (χ1v) is 16.8. The summed E-state index contributed by atoms with van der Waals surface area (Å²) in [6, 6.07) is 17.1. The Morgan fingerprint density at radius 2 is 1.07 bits per heavy atom. The van der Waals surface area contributed by atoms with Gasteiger partial charge in [0, 0.05) is 45.4 Å². The molecule has 0 saturated carbocycles. The zero-order valence-electron chi connectivity index (χ0n) is 28.2. The van der Waals surface area contributed by atoms with E-state index in [1.54, 1.807) is 60.7 Å². The van der Waals surface area contributed by atoms with Crippen LogP contribution in [-0.4, -0.2) is 86.4 Å². The van der Waals surface area contributed by atoms with Gasteiger partial charge in [0.1, 0.15) is 22.7 Å². The summed E-state index contributed by atoms with van der Waals surface area (Å²) in [6.45, 7) is 0.499. The molecule has 4 heterocycles. The quantitative estimate of drug-likeness (QED) is 0.144. The van der Waals surface area contributed by atoms with Crippen molar-refractivity contribution in [2.45, 2.75) is 13.1 Å². The van der Waals surface area contributed by atoms with E-state index in [9.17, 15) is 9.59 Å². The number of nitrogens with two attached hydrogens (primary N) is 2. The SMILES string of the molecule is COc1c(C(N)=O)ccc2c1nc(-c1cc(Cl)ccc1-c1nn[nH]n1)n2CCn1c(-c2cc(Cl)ccc2-c2nn[nH]n2)nc2c(OC)c(C(N)=O)ccc21. The minimum Gasteiger partial charge on any atom is -0.494 e. The number of imidazole rings is 2. The molecule has 2 amide bonds. The topological polar surface area (TPSA) is 249 Å². The fourth-order valence-corrected chi connectivity index (χ4v) is 6.89. The normalized spacial score (nSPS) is 11.4. The number of amides is 2. The molecule has 270 valence electrons. The maximum atomic E-state index is 12.5.